The molecule has 4 heteroatoms. The summed E-state index contributed by atoms with van der Waals surface area (Å²) < 4.78 is 5.93. The highest BCUT2D eigenvalue weighted by Gasteiger charge is 2.19. The number of rotatable bonds is 3. The zero-order valence-electron chi connectivity index (χ0n) is 11.5. The van der Waals surface area contributed by atoms with Crippen LogP contribution in [0.3, 0.4) is 0 Å². The van der Waals surface area contributed by atoms with Gasteiger partial charge >= 0.3 is 0 Å². The van der Waals surface area contributed by atoms with Gasteiger partial charge < -0.3 is 10.1 Å². The summed E-state index contributed by atoms with van der Waals surface area (Å²) in [6.07, 6.45) is 12.7. The van der Waals surface area contributed by atoms with Crippen LogP contribution >= 0.6 is 0 Å². The van der Waals surface area contributed by atoms with E-state index in [0.717, 1.165) is 37.5 Å². The molecular weight excluding hydrogens is 238 g/mol. The van der Waals surface area contributed by atoms with E-state index < -0.39 is 0 Å². The Bertz CT molecular complexity index is 381. The van der Waals surface area contributed by atoms with E-state index >= 15 is 0 Å². The SMILES string of the molecule is c1nc(C2CCCCC2)ncc1OC1CCNCC1. The lowest BCUT2D eigenvalue weighted by Crippen LogP contribution is -2.34. The molecule has 1 aliphatic heterocycles. The monoisotopic (exact) mass is 261 g/mol. The fraction of sp³-hybridized carbons (Fsp3) is 0.733. The Morgan fingerprint density at radius 2 is 1.63 bits per heavy atom. The quantitative estimate of drug-likeness (QED) is 0.908. The van der Waals surface area contributed by atoms with Crippen molar-refractivity contribution in [2.45, 2.75) is 57.0 Å². The molecule has 0 radical (unpaired) electrons. The lowest BCUT2D eigenvalue weighted by Gasteiger charge is -2.24. The zero-order chi connectivity index (χ0) is 12.9. The van der Waals surface area contributed by atoms with Crippen LogP contribution in [-0.4, -0.2) is 29.2 Å². The van der Waals surface area contributed by atoms with Crippen LogP contribution in [0.15, 0.2) is 12.4 Å². The van der Waals surface area contributed by atoms with E-state index in [1.807, 2.05) is 12.4 Å². The maximum absolute atomic E-state index is 5.93. The van der Waals surface area contributed by atoms with Gasteiger partial charge in [-0.1, -0.05) is 19.3 Å². The molecule has 0 atom stereocenters. The van der Waals surface area contributed by atoms with Crippen LogP contribution in [0.5, 0.6) is 5.75 Å². The van der Waals surface area contributed by atoms with Gasteiger partial charge in [0.15, 0.2) is 5.75 Å². The summed E-state index contributed by atoms with van der Waals surface area (Å²) in [6.45, 7) is 2.09. The highest BCUT2D eigenvalue weighted by Crippen LogP contribution is 2.30. The number of aromatic nitrogens is 2. The molecule has 1 aliphatic carbocycles. The van der Waals surface area contributed by atoms with Crippen molar-refractivity contribution in [1.29, 1.82) is 0 Å². The van der Waals surface area contributed by atoms with Gasteiger partial charge in [0.2, 0.25) is 0 Å². The smallest absolute Gasteiger partial charge is 0.156 e. The summed E-state index contributed by atoms with van der Waals surface area (Å²) >= 11 is 0. The van der Waals surface area contributed by atoms with Crippen LogP contribution in [0.1, 0.15) is 56.7 Å². The summed E-state index contributed by atoms with van der Waals surface area (Å²) in [5, 5.41) is 3.34. The average Bonchev–Trinajstić information content (AvgIpc) is 2.50. The summed E-state index contributed by atoms with van der Waals surface area (Å²) in [7, 11) is 0. The molecule has 2 heterocycles. The standard InChI is InChI=1S/C15H23N3O/c1-2-4-12(5-3-1)15-17-10-14(11-18-15)19-13-6-8-16-9-7-13/h10-13,16H,1-9H2. The van der Waals surface area contributed by atoms with Gasteiger partial charge in [-0.3, -0.25) is 0 Å². The number of piperidine rings is 1. The van der Waals surface area contributed by atoms with Crippen molar-refractivity contribution in [3.8, 4) is 5.75 Å². The average molecular weight is 261 g/mol. The molecule has 19 heavy (non-hydrogen) atoms. The molecule has 1 aromatic rings. The maximum atomic E-state index is 5.93. The molecule has 0 bridgehead atoms. The molecule has 1 aromatic heterocycles. The van der Waals surface area contributed by atoms with Gasteiger partial charge in [0, 0.05) is 5.92 Å². The van der Waals surface area contributed by atoms with E-state index in [0.29, 0.717) is 12.0 Å². The number of nitrogens with zero attached hydrogens (tertiary/aromatic N) is 2. The van der Waals surface area contributed by atoms with Gasteiger partial charge in [0.1, 0.15) is 11.9 Å². The Kier molecular flexibility index (Phi) is 4.28. The largest absolute Gasteiger partial charge is 0.487 e. The van der Waals surface area contributed by atoms with Crippen molar-refractivity contribution in [3.63, 3.8) is 0 Å². The number of hydrogen-bond donors (Lipinski definition) is 1. The lowest BCUT2D eigenvalue weighted by atomic mass is 9.89. The molecule has 1 saturated carbocycles. The third-order valence-corrected chi connectivity index (χ3v) is 4.21. The number of nitrogens with one attached hydrogen (secondary N) is 1. The molecule has 2 aliphatic rings. The van der Waals surface area contributed by atoms with Crippen LogP contribution in [-0.2, 0) is 0 Å². The molecule has 0 spiro atoms. The van der Waals surface area contributed by atoms with E-state index in [2.05, 4.69) is 15.3 Å². The summed E-state index contributed by atoms with van der Waals surface area (Å²) in [4.78, 5) is 9.03. The molecule has 1 saturated heterocycles. The van der Waals surface area contributed by atoms with Gasteiger partial charge in [-0.25, -0.2) is 9.97 Å². The Morgan fingerprint density at radius 3 is 2.32 bits per heavy atom. The third-order valence-electron chi connectivity index (χ3n) is 4.21. The summed E-state index contributed by atoms with van der Waals surface area (Å²) in [5.74, 6) is 2.41. The molecule has 4 nitrogen and oxygen atoms in total. The summed E-state index contributed by atoms with van der Waals surface area (Å²) in [6, 6.07) is 0. The highest BCUT2D eigenvalue weighted by molar-refractivity contribution is 5.14. The highest BCUT2D eigenvalue weighted by atomic mass is 16.5. The van der Waals surface area contributed by atoms with E-state index in [4.69, 9.17) is 4.74 Å². The van der Waals surface area contributed by atoms with Crippen molar-refractivity contribution in [2.24, 2.45) is 0 Å². The van der Waals surface area contributed by atoms with E-state index in [-0.39, 0.29) is 0 Å². The van der Waals surface area contributed by atoms with Crippen molar-refractivity contribution in [2.75, 3.05) is 13.1 Å². The molecule has 104 valence electrons. The van der Waals surface area contributed by atoms with Crippen LogP contribution in [0.25, 0.3) is 0 Å². The van der Waals surface area contributed by atoms with Crippen molar-refractivity contribution < 1.29 is 4.74 Å². The molecular formula is C15H23N3O. The first-order valence-electron chi connectivity index (χ1n) is 7.61. The van der Waals surface area contributed by atoms with E-state index in [1.165, 1.54) is 32.1 Å². The van der Waals surface area contributed by atoms with Crippen LogP contribution in [0, 0.1) is 0 Å². The van der Waals surface area contributed by atoms with Crippen LogP contribution < -0.4 is 10.1 Å². The predicted octanol–water partition coefficient (Wildman–Crippen LogP) is 2.66. The second-order valence-corrected chi connectivity index (χ2v) is 5.68. The predicted molar refractivity (Wildman–Crippen MR) is 74.4 cm³/mol. The van der Waals surface area contributed by atoms with Crippen LogP contribution in [0.4, 0.5) is 0 Å². The molecule has 0 aromatic carbocycles. The third kappa shape index (κ3) is 3.44. The molecule has 3 rings (SSSR count). The van der Waals surface area contributed by atoms with Gasteiger partial charge in [0.05, 0.1) is 12.4 Å². The van der Waals surface area contributed by atoms with Gasteiger partial charge in [-0.15, -0.1) is 0 Å². The van der Waals surface area contributed by atoms with Crippen LogP contribution in [0.2, 0.25) is 0 Å². The van der Waals surface area contributed by atoms with Crippen molar-refractivity contribution in [1.82, 2.24) is 15.3 Å². The molecule has 0 amide bonds. The summed E-state index contributed by atoms with van der Waals surface area (Å²) in [5.41, 5.74) is 0. The number of ether oxygens (including phenoxy) is 1. The van der Waals surface area contributed by atoms with Crippen molar-refractivity contribution in [3.05, 3.63) is 18.2 Å². The topological polar surface area (TPSA) is 47.0 Å². The van der Waals surface area contributed by atoms with E-state index in [9.17, 15) is 0 Å². The normalized spacial score (nSPS) is 22.3. The minimum absolute atomic E-state index is 0.324. The fourth-order valence-electron chi connectivity index (χ4n) is 3.06. The van der Waals surface area contributed by atoms with Gasteiger partial charge in [-0.05, 0) is 38.8 Å². The first-order valence-corrected chi connectivity index (χ1v) is 7.61. The minimum atomic E-state index is 0.324. The first-order chi connectivity index (χ1) is 9.42. The lowest BCUT2D eigenvalue weighted by molar-refractivity contribution is 0.161. The maximum Gasteiger partial charge on any atom is 0.156 e. The molecule has 1 N–H and O–H groups in total. The molecule has 2 fully saturated rings. The first kappa shape index (κ1) is 12.9. The van der Waals surface area contributed by atoms with Gasteiger partial charge in [0.25, 0.3) is 0 Å². The second-order valence-electron chi connectivity index (χ2n) is 5.68. The fourth-order valence-corrected chi connectivity index (χ4v) is 3.06. The Morgan fingerprint density at radius 1 is 0.947 bits per heavy atom. The van der Waals surface area contributed by atoms with Crippen molar-refractivity contribution >= 4 is 0 Å². The minimum Gasteiger partial charge on any atom is -0.487 e. The second kappa shape index (κ2) is 6.33. The Hall–Kier alpha value is -1.16. The Balaban J connectivity index is 1.58. The molecule has 0 unspecified atom stereocenters. The van der Waals surface area contributed by atoms with E-state index in [1.54, 1.807) is 0 Å². The Labute approximate surface area is 115 Å². The van der Waals surface area contributed by atoms with Gasteiger partial charge in [-0.2, -0.15) is 0 Å². The zero-order valence-corrected chi connectivity index (χ0v) is 11.5. The number of hydrogen-bond acceptors (Lipinski definition) is 4.